The Morgan fingerprint density at radius 1 is 1.14 bits per heavy atom. The Bertz CT molecular complexity index is 341. The summed E-state index contributed by atoms with van der Waals surface area (Å²) >= 11 is 0. The van der Waals surface area contributed by atoms with E-state index in [-0.39, 0.29) is 5.91 Å². The highest BCUT2D eigenvalue weighted by atomic mass is 16.2. The van der Waals surface area contributed by atoms with Crippen molar-refractivity contribution in [2.45, 2.75) is 41.0 Å². The SMILES string of the molecule is CC.CC.CN1CCc2ccccc21.CNC(C)=O.CO. The first-order valence-electron chi connectivity index (χ1n) is 7.57. The predicted octanol–water partition coefficient (Wildman–Crippen LogP) is 3.09. The molecule has 0 fully saturated rings. The van der Waals surface area contributed by atoms with Crippen LogP contribution in [0.5, 0.6) is 0 Å². The molecule has 1 aliphatic rings. The molecule has 0 spiro atoms. The third kappa shape index (κ3) is 11.9. The molecule has 0 saturated carbocycles. The second-order valence-electron chi connectivity index (χ2n) is 3.61. The molecule has 0 bridgehead atoms. The van der Waals surface area contributed by atoms with Gasteiger partial charge in [-0.25, -0.2) is 0 Å². The summed E-state index contributed by atoms with van der Waals surface area (Å²) in [7, 11) is 4.74. The fourth-order valence-corrected chi connectivity index (χ4v) is 1.50. The Hall–Kier alpha value is -1.55. The number of carbonyl (C=O) groups excluding carboxylic acids is 1. The first kappa shape index (κ1) is 24.5. The fraction of sp³-hybridized carbons (Fsp3) is 0.588. The summed E-state index contributed by atoms with van der Waals surface area (Å²) in [4.78, 5) is 12.0. The highest BCUT2D eigenvalue weighted by molar-refractivity contribution is 5.72. The van der Waals surface area contributed by atoms with Crippen molar-refractivity contribution in [3.63, 3.8) is 0 Å². The summed E-state index contributed by atoms with van der Waals surface area (Å²) in [5.41, 5.74) is 2.90. The molecule has 0 atom stereocenters. The number of aliphatic hydroxyl groups excluding tert-OH is 1. The number of hydrogen-bond acceptors (Lipinski definition) is 3. The molecule has 2 N–H and O–H groups in total. The van der Waals surface area contributed by atoms with Crippen molar-refractivity contribution in [2.24, 2.45) is 0 Å². The van der Waals surface area contributed by atoms with Crippen molar-refractivity contribution >= 4 is 11.6 Å². The van der Waals surface area contributed by atoms with E-state index in [1.54, 1.807) is 7.05 Å². The van der Waals surface area contributed by atoms with Crippen LogP contribution in [0.1, 0.15) is 40.2 Å². The van der Waals surface area contributed by atoms with Gasteiger partial charge in [-0.2, -0.15) is 0 Å². The molecule has 4 nitrogen and oxygen atoms in total. The van der Waals surface area contributed by atoms with Crippen molar-refractivity contribution < 1.29 is 9.90 Å². The van der Waals surface area contributed by atoms with Crippen molar-refractivity contribution in [1.82, 2.24) is 5.32 Å². The van der Waals surface area contributed by atoms with Crippen LogP contribution in [0, 0.1) is 0 Å². The number of para-hydroxylation sites is 1. The number of anilines is 1. The van der Waals surface area contributed by atoms with Crippen LogP contribution in [-0.4, -0.2) is 38.8 Å². The molecule has 1 aliphatic heterocycles. The number of likely N-dealkylation sites (N-methyl/N-ethyl adjacent to an activating group) is 1. The lowest BCUT2D eigenvalue weighted by Crippen LogP contribution is -2.12. The van der Waals surface area contributed by atoms with E-state index in [1.807, 2.05) is 27.7 Å². The summed E-state index contributed by atoms with van der Waals surface area (Å²) in [6.45, 7) is 10.7. The largest absolute Gasteiger partial charge is 0.400 e. The third-order valence-corrected chi connectivity index (χ3v) is 2.47. The Balaban J connectivity index is -0.000000253. The molecule has 1 aromatic carbocycles. The minimum Gasteiger partial charge on any atom is -0.400 e. The molecule has 0 saturated heterocycles. The van der Waals surface area contributed by atoms with Crippen LogP contribution < -0.4 is 10.2 Å². The summed E-state index contributed by atoms with van der Waals surface area (Å²) in [6, 6.07) is 8.60. The predicted molar refractivity (Wildman–Crippen MR) is 94.0 cm³/mol. The van der Waals surface area contributed by atoms with Gasteiger partial charge in [-0.3, -0.25) is 4.79 Å². The fourth-order valence-electron chi connectivity index (χ4n) is 1.50. The standard InChI is InChI=1S/C9H11N.C3H7NO.2C2H6.CH4O/c1-10-7-6-8-4-2-3-5-9(8)10;1-3(5)4-2;3*1-2/h2-5H,6-7H2,1H3;1-2H3,(H,4,5);2*1-2H3;2H,1H3. The Labute approximate surface area is 131 Å². The number of rotatable bonds is 0. The topological polar surface area (TPSA) is 52.6 Å². The van der Waals surface area contributed by atoms with E-state index >= 15 is 0 Å². The zero-order chi connectivity index (χ0) is 17.3. The van der Waals surface area contributed by atoms with Crippen LogP contribution in [0.4, 0.5) is 5.69 Å². The number of aliphatic hydroxyl groups is 1. The Kier molecular flexibility index (Phi) is 21.5. The molecule has 2 rings (SSSR count). The lowest BCUT2D eigenvalue weighted by Gasteiger charge is -2.10. The molecule has 1 aromatic rings. The number of benzene rings is 1. The van der Waals surface area contributed by atoms with Crippen molar-refractivity contribution in [3.05, 3.63) is 29.8 Å². The Morgan fingerprint density at radius 3 is 1.95 bits per heavy atom. The zero-order valence-electron chi connectivity index (χ0n) is 15.0. The van der Waals surface area contributed by atoms with Gasteiger partial charge >= 0.3 is 0 Å². The smallest absolute Gasteiger partial charge is 0.216 e. The molecule has 0 unspecified atom stereocenters. The molecule has 0 aromatic heterocycles. The maximum absolute atomic E-state index is 9.70. The van der Waals surface area contributed by atoms with Gasteiger partial charge in [-0.05, 0) is 18.1 Å². The molecule has 21 heavy (non-hydrogen) atoms. The van der Waals surface area contributed by atoms with Gasteiger partial charge in [0.1, 0.15) is 0 Å². The van der Waals surface area contributed by atoms with Gasteiger partial charge in [0, 0.05) is 40.4 Å². The first-order valence-corrected chi connectivity index (χ1v) is 7.57. The number of amides is 1. The molecule has 0 radical (unpaired) electrons. The van der Waals surface area contributed by atoms with Gasteiger partial charge in [0.05, 0.1) is 0 Å². The van der Waals surface area contributed by atoms with Crippen molar-refractivity contribution in [1.29, 1.82) is 0 Å². The van der Waals surface area contributed by atoms with E-state index in [4.69, 9.17) is 5.11 Å². The summed E-state index contributed by atoms with van der Waals surface area (Å²) in [5.74, 6) is 0.00463. The summed E-state index contributed by atoms with van der Waals surface area (Å²) < 4.78 is 0. The van der Waals surface area contributed by atoms with Crippen LogP contribution >= 0.6 is 0 Å². The van der Waals surface area contributed by atoms with Gasteiger partial charge in [0.2, 0.25) is 5.91 Å². The average molecular weight is 298 g/mol. The van der Waals surface area contributed by atoms with Gasteiger partial charge in [0.15, 0.2) is 0 Å². The maximum atomic E-state index is 9.70. The van der Waals surface area contributed by atoms with Gasteiger partial charge in [-0.1, -0.05) is 45.9 Å². The van der Waals surface area contributed by atoms with Crippen molar-refractivity contribution in [3.8, 4) is 0 Å². The van der Waals surface area contributed by atoms with Gasteiger partial charge in [0.25, 0.3) is 0 Å². The maximum Gasteiger partial charge on any atom is 0.216 e. The normalized spacial score (nSPS) is 9.86. The second kappa shape index (κ2) is 18.4. The lowest BCUT2D eigenvalue weighted by molar-refractivity contribution is -0.118. The highest BCUT2D eigenvalue weighted by Crippen LogP contribution is 2.25. The van der Waals surface area contributed by atoms with E-state index in [2.05, 4.69) is 41.5 Å². The summed E-state index contributed by atoms with van der Waals surface area (Å²) in [6.07, 6.45) is 1.21. The number of fused-ring (bicyclic) bond motifs is 1. The summed E-state index contributed by atoms with van der Waals surface area (Å²) in [5, 5.41) is 9.39. The van der Waals surface area contributed by atoms with Gasteiger partial charge < -0.3 is 15.3 Å². The lowest BCUT2D eigenvalue weighted by atomic mass is 10.2. The average Bonchev–Trinajstić information content (AvgIpc) is 2.95. The molecule has 1 amide bonds. The van der Waals surface area contributed by atoms with E-state index in [1.165, 1.54) is 31.1 Å². The van der Waals surface area contributed by atoms with Crippen LogP contribution in [0.15, 0.2) is 24.3 Å². The monoisotopic (exact) mass is 298 g/mol. The van der Waals surface area contributed by atoms with Gasteiger partial charge in [-0.15, -0.1) is 0 Å². The van der Waals surface area contributed by atoms with Crippen LogP contribution in [0.3, 0.4) is 0 Å². The van der Waals surface area contributed by atoms with Crippen LogP contribution in [0.25, 0.3) is 0 Å². The van der Waals surface area contributed by atoms with E-state index < -0.39 is 0 Å². The molecular formula is C17H34N2O2. The molecule has 1 heterocycles. The minimum absolute atomic E-state index is 0.00463. The third-order valence-electron chi connectivity index (χ3n) is 2.47. The van der Waals surface area contributed by atoms with E-state index in [9.17, 15) is 4.79 Å². The van der Waals surface area contributed by atoms with Crippen LogP contribution in [-0.2, 0) is 11.2 Å². The van der Waals surface area contributed by atoms with Crippen molar-refractivity contribution in [2.75, 3.05) is 32.6 Å². The molecule has 4 heteroatoms. The first-order chi connectivity index (χ1) is 10.1. The number of hydrogen-bond donors (Lipinski definition) is 2. The Morgan fingerprint density at radius 2 is 1.57 bits per heavy atom. The van der Waals surface area contributed by atoms with Crippen LogP contribution in [0.2, 0.25) is 0 Å². The molecule has 124 valence electrons. The number of carbonyl (C=O) groups is 1. The number of nitrogens with zero attached hydrogens (tertiary/aromatic N) is 1. The molecular weight excluding hydrogens is 264 g/mol. The number of nitrogens with one attached hydrogen (secondary N) is 1. The quantitative estimate of drug-likeness (QED) is 0.774. The second-order valence-corrected chi connectivity index (χ2v) is 3.61. The highest BCUT2D eigenvalue weighted by Gasteiger charge is 2.12. The van der Waals surface area contributed by atoms with E-state index in [0.717, 1.165) is 7.11 Å². The molecule has 0 aliphatic carbocycles. The van der Waals surface area contributed by atoms with E-state index in [0.29, 0.717) is 0 Å². The zero-order valence-corrected chi connectivity index (χ0v) is 15.0. The minimum atomic E-state index is 0.00463.